The van der Waals surface area contributed by atoms with Crippen LogP contribution in [0.5, 0.6) is 0 Å². The Morgan fingerprint density at radius 1 is 1.36 bits per heavy atom. The minimum absolute atomic E-state index is 0.381. The molecule has 0 aromatic rings. The van der Waals surface area contributed by atoms with Crippen LogP contribution < -0.4 is 5.73 Å². The predicted octanol–water partition coefficient (Wildman–Crippen LogP) is 1.21. The minimum Gasteiger partial charge on any atom is -0.401 e. The first-order valence-electron chi connectivity index (χ1n) is 3.06. The van der Waals surface area contributed by atoms with Crippen LogP contribution >= 0.6 is 0 Å². The van der Waals surface area contributed by atoms with Gasteiger partial charge >= 0.3 is 0 Å². The maximum absolute atomic E-state index is 8.56. The number of rotatable bonds is 1. The van der Waals surface area contributed by atoms with E-state index < -0.39 is 0 Å². The lowest BCUT2D eigenvalue weighted by Gasteiger charge is -1.97. The lowest BCUT2D eigenvalue weighted by atomic mass is 10.1. The van der Waals surface area contributed by atoms with Crippen molar-refractivity contribution in [2.45, 2.75) is 13.8 Å². The number of hydrogen-bond acceptors (Lipinski definition) is 3. The monoisotopic (exact) mass is 147 g/mol. The van der Waals surface area contributed by atoms with Crippen molar-refractivity contribution < 1.29 is 0 Å². The smallest absolute Gasteiger partial charge is 0.101 e. The second kappa shape index (κ2) is 4.14. The summed E-state index contributed by atoms with van der Waals surface area (Å²) in [5.41, 5.74) is 6.81. The average Bonchev–Trinajstić information content (AvgIpc) is 1.88. The van der Waals surface area contributed by atoms with Crippen LogP contribution in [0.25, 0.3) is 0 Å². The van der Waals surface area contributed by atoms with E-state index in [1.165, 1.54) is 6.08 Å². The van der Waals surface area contributed by atoms with E-state index in [0.717, 1.165) is 0 Å². The van der Waals surface area contributed by atoms with Crippen LogP contribution in [-0.2, 0) is 0 Å². The van der Waals surface area contributed by atoms with Crippen molar-refractivity contribution in [1.82, 2.24) is 0 Å². The topological polar surface area (TPSA) is 73.6 Å². The van der Waals surface area contributed by atoms with Gasteiger partial charge in [0.25, 0.3) is 0 Å². The summed E-state index contributed by atoms with van der Waals surface area (Å²) in [4.78, 5) is 0. The Bertz CT molecular complexity index is 279. The fourth-order valence-electron chi connectivity index (χ4n) is 0.656. The molecule has 3 heteroatoms. The highest BCUT2D eigenvalue weighted by Gasteiger charge is 1.99. The van der Waals surface area contributed by atoms with Crippen LogP contribution in [0.4, 0.5) is 0 Å². The highest BCUT2D eigenvalue weighted by molar-refractivity contribution is 5.44. The molecule has 0 spiro atoms. The molecule has 0 aliphatic rings. The van der Waals surface area contributed by atoms with Gasteiger partial charge in [0, 0.05) is 11.8 Å². The Hall–Kier alpha value is -1.74. The van der Waals surface area contributed by atoms with Gasteiger partial charge in [-0.1, -0.05) is 0 Å². The molecule has 0 atom stereocenters. The van der Waals surface area contributed by atoms with E-state index in [1.807, 2.05) is 12.1 Å². The van der Waals surface area contributed by atoms with E-state index in [-0.39, 0.29) is 0 Å². The van der Waals surface area contributed by atoms with E-state index in [9.17, 15) is 0 Å². The van der Waals surface area contributed by atoms with Crippen LogP contribution in [0.3, 0.4) is 0 Å². The summed E-state index contributed by atoms with van der Waals surface area (Å²) in [7, 11) is 0. The molecule has 0 aliphatic heterocycles. The van der Waals surface area contributed by atoms with Gasteiger partial charge in [-0.15, -0.1) is 0 Å². The maximum Gasteiger partial charge on any atom is 0.101 e. The normalized spacial score (nSPS) is 12.9. The molecule has 0 fully saturated rings. The van der Waals surface area contributed by atoms with Crippen LogP contribution in [0.15, 0.2) is 22.9 Å². The van der Waals surface area contributed by atoms with Crippen LogP contribution in [-0.4, -0.2) is 0 Å². The summed E-state index contributed by atoms with van der Waals surface area (Å²) in [6.45, 7) is 3.31. The first-order chi connectivity index (χ1) is 5.13. The quantitative estimate of drug-likeness (QED) is 0.447. The van der Waals surface area contributed by atoms with Gasteiger partial charge in [0.05, 0.1) is 11.6 Å². The third-order valence-corrected chi connectivity index (χ3v) is 1.18. The second-order valence-corrected chi connectivity index (χ2v) is 2.13. The Labute approximate surface area is 66.0 Å². The van der Waals surface area contributed by atoms with Crippen LogP contribution in [0, 0.1) is 22.7 Å². The molecule has 0 aliphatic carbocycles. The van der Waals surface area contributed by atoms with Crippen molar-refractivity contribution in [1.29, 1.82) is 10.5 Å². The van der Waals surface area contributed by atoms with Crippen LogP contribution in [0.2, 0.25) is 0 Å². The number of allylic oxidation sites excluding steroid dienone is 4. The lowest BCUT2D eigenvalue weighted by molar-refractivity contribution is 1.23. The first-order valence-corrected chi connectivity index (χ1v) is 3.06. The molecule has 0 saturated carbocycles. The largest absolute Gasteiger partial charge is 0.401 e. The fourth-order valence-corrected chi connectivity index (χ4v) is 0.656. The van der Waals surface area contributed by atoms with Gasteiger partial charge in [-0.2, -0.15) is 10.5 Å². The molecule has 0 heterocycles. The maximum atomic E-state index is 8.56. The molecule has 0 unspecified atom stereocenters. The average molecular weight is 147 g/mol. The Kier molecular flexibility index (Phi) is 3.48. The predicted molar refractivity (Wildman–Crippen MR) is 41.9 cm³/mol. The van der Waals surface area contributed by atoms with Crippen molar-refractivity contribution in [3.8, 4) is 12.1 Å². The van der Waals surface area contributed by atoms with Crippen molar-refractivity contribution in [3.63, 3.8) is 0 Å². The number of nitrogens with two attached hydrogens (primary N) is 1. The fraction of sp³-hybridized carbons (Fsp3) is 0.250. The highest BCUT2D eigenvalue weighted by atomic mass is 14.6. The molecule has 56 valence electrons. The van der Waals surface area contributed by atoms with E-state index >= 15 is 0 Å². The molecular weight excluding hydrogens is 138 g/mol. The number of nitriles is 2. The molecule has 0 rings (SSSR count). The molecule has 0 amide bonds. The highest BCUT2D eigenvalue weighted by Crippen LogP contribution is 2.09. The Balaban J connectivity index is 4.91. The molecule has 2 N–H and O–H groups in total. The number of nitrogens with zero attached hydrogens (tertiary/aromatic N) is 2. The summed E-state index contributed by atoms with van der Waals surface area (Å²) in [5.74, 6) is 0. The second-order valence-electron chi connectivity index (χ2n) is 2.13. The molecule has 3 nitrogen and oxygen atoms in total. The van der Waals surface area contributed by atoms with Crippen molar-refractivity contribution in [2.75, 3.05) is 0 Å². The van der Waals surface area contributed by atoms with Gasteiger partial charge in [0.15, 0.2) is 0 Å². The van der Waals surface area contributed by atoms with E-state index in [0.29, 0.717) is 16.8 Å². The minimum atomic E-state index is 0.381. The van der Waals surface area contributed by atoms with Gasteiger partial charge in [-0.3, -0.25) is 0 Å². The van der Waals surface area contributed by atoms with Crippen molar-refractivity contribution >= 4 is 0 Å². The molecular formula is C8H9N3. The van der Waals surface area contributed by atoms with Gasteiger partial charge in [0.1, 0.15) is 6.07 Å². The molecule has 11 heavy (non-hydrogen) atoms. The molecule has 0 aromatic carbocycles. The lowest BCUT2D eigenvalue weighted by Crippen LogP contribution is -1.97. The van der Waals surface area contributed by atoms with E-state index in [1.54, 1.807) is 13.8 Å². The Morgan fingerprint density at radius 2 is 1.91 bits per heavy atom. The van der Waals surface area contributed by atoms with Gasteiger partial charge < -0.3 is 5.73 Å². The van der Waals surface area contributed by atoms with Crippen LogP contribution in [0.1, 0.15) is 13.8 Å². The van der Waals surface area contributed by atoms with E-state index in [2.05, 4.69) is 0 Å². The molecule has 0 radical (unpaired) electrons. The Morgan fingerprint density at radius 3 is 2.18 bits per heavy atom. The summed E-state index contributed by atoms with van der Waals surface area (Å²) in [6, 6.07) is 3.76. The van der Waals surface area contributed by atoms with Gasteiger partial charge in [-0.05, 0) is 19.4 Å². The zero-order chi connectivity index (χ0) is 8.85. The van der Waals surface area contributed by atoms with Crippen molar-refractivity contribution in [2.24, 2.45) is 5.73 Å². The third kappa shape index (κ3) is 2.55. The zero-order valence-electron chi connectivity index (χ0n) is 6.55. The number of hydrogen-bond donors (Lipinski definition) is 1. The standard InChI is InChI=1S/C8H9N3/c1-6(3-4-9)8(5-10)7(2)11/h3H,11H2,1-2H3/b6-3+,8-7-. The zero-order valence-corrected chi connectivity index (χ0v) is 6.55. The van der Waals surface area contributed by atoms with Gasteiger partial charge in [-0.25, -0.2) is 0 Å². The molecule has 0 aromatic heterocycles. The first kappa shape index (κ1) is 9.26. The summed E-state index contributed by atoms with van der Waals surface area (Å²) >= 11 is 0. The van der Waals surface area contributed by atoms with E-state index in [4.69, 9.17) is 16.3 Å². The molecule has 0 saturated heterocycles. The third-order valence-electron chi connectivity index (χ3n) is 1.18. The summed E-state index contributed by atoms with van der Waals surface area (Å²) < 4.78 is 0. The summed E-state index contributed by atoms with van der Waals surface area (Å²) in [5, 5.41) is 16.8. The van der Waals surface area contributed by atoms with Crippen molar-refractivity contribution in [3.05, 3.63) is 22.9 Å². The SMILES string of the molecule is CC(=C\C#N)/C(C#N)=C(/C)N. The summed E-state index contributed by atoms with van der Waals surface area (Å²) in [6.07, 6.45) is 1.30. The molecule has 0 bridgehead atoms. The van der Waals surface area contributed by atoms with Gasteiger partial charge in [0.2, 0.25) is 0 Å².